The fourth-order valence-electron chi connectivity index (χ4n) is 3.08. The molecule has 0 aliphatic rings. The molecule has 0 saturated carbocycles. The van der Waals surface area contributed by atoms with Crippen molar-refractivity contribution < 1.29 is 18.4 Å². The molecule has 0 fully saturated rings. The second kappa shape index (κ2) is 8.52. The molecule has 160 valence electrons. The Balaban J connectivity index is 1.99. The predicted molar refractivity (Wildman–Crippen MR) is 109 cm³/mol. The average Bonchev–Trinajstić information content (AvgIpc) is 3.35. The lowest BCUT2D eigenvalue weighted by molar-refractivity contribution is 0.0938. The van der Waals surface area contributed by atoms with Crippen LogP contribution in [0.4, 0.5) is 10.2 Å². The number of anilines is 1. The zero-order chi connectivity index (χ0) is 22.0. The standard InChI is InChI=1S/C20H25FN6O3/c1-11(2)27-10-22-24-18(27)12(3)23-20(28)16-17(30-25-19(16)26(4)5)13-7-8-14(21)15(9-13)29-6/h7-12H,1-6H3,(H,23,28). The molecule has 2 aromatic heterocycles. The van der Waals surface area contributed by atoms with Crippen LogP contribution < -0.4 is 15.0 Å². The van der Waals surface area contributed by atoms with Crippen LogP contribution in [0.15, 0.2) is 29.0 Å². The number of nitrogens with one attached hydrogen (secondary N) is 1. The lowest BCUT2D eigenvalue weighted by Crippen LogP contribution is -2.30. The fraction of sp³-hybridized carbons (Fsp3) is 0.400. The molecule has 3 rings (SSSR count). The third-order valence-electron chi connectivity index (χ3n) is 4.63. The van der Waals surface area contributed by atoms with Crippen LogP contribution in [0.2, 0.25) is 0 Å². The molecule has 1 aromatic carbocycles. The zero-order valence-electron chi connectivity index (χ0n) is 17.8. The Morgan fingerprint density at radius 3 is 2.67 bits per heavy atom. The number of halogens is 1. The summed E-state index contributed by atoms with van der Waals surface area (Å²) < 4.78 is 26.2. The first-order chi connectivity index (χ1) is 14.2. The number of amides is 1. The van der Waals surface area contributed by atoms with E-state index in [0.717, 1.165) is 0 Å². The Morgan fingerprint density at radius 2 is 2.03 bits per heavy atom. The van der Waals surface area contributed by atoms with Gasteiger partial charge in [0, 0.05) is 25.7 Å². The number of carbonyl (C=O) groups is 1. The summed E-state index contributed by atoms with van der Waals surface area (Å²) >= 11 is 0. The van der Waals surface area contributed by atoms with Gasteiger partial charge in [0.2, 0.25) is 0 Å². The van der Waals surface area contributed by atoms with E-state index in [2.05, 4.69) is 20.7 Å². The van der Waals surface area contributed by atoms with Gasteiger partial charge in [-0.3, -0.25) is 4.79 Å². The third kappa shape index (κ3) is 3.98. The quantitative estimate of drug-likeness (QED) is 0.631. The van der Waals surface area contributed by atoms with Gasteiger partial charge in [-0.15, -0.1) is 10.2 Å². The van der Waals surface area contributed by atoms with Crippen molar-refractivity contribution in [3.05, 3.63) is 41.7 Å². The van der Waals surface area contributed by atoms with E-state index in [0.29, 0.717) is 17.2 Å². The van der Waals surface area contributed by atoms with E-state index < -0.39 is 17.8 Å². The lowest BCUT2D eigenvalue weighted by Gasteiger charge is -2.18. The number of carbonyl (C=O) groups excluding carboxylic acids is 1. The average molecular weight is 416 g/mol. The van der Waals surface area contributed by atoms with Gasteiger partial charge in [0.1, 0.15) is 11.9 Å². The molecule has 1 unspecified atom stereocenters. The van der Waals surface area contributed by atoms with Gasteiger partial charge in [0.05, 0.1) is 13.2 Å². The minimum absolute atomic E-state index is 0.0417. The van der Waals surface area contributed by atoms with Crippen LogP contribution in [0.3, 0.4) is 0 Å². The van der Waals surface area contributed by atoms with Gasteiger partial charge in [-0.1, -0.05) is 5.16 Å². The summed E-state index contributed by atoms with van der Waals surface area (Å²) in [6, 6.07) is 3.95. The first-order valence-electron chi connectivity index (χ1n) is 9.45. The first kappa shape index (κ1) is 21.3. The summed E-state index contributed by atoms with van der Waals surface area (Å²) in [5.74, 6) is 0.326. The fourth-order valence-corrected chi connectivity index (χ4v) is 3.08. The van der Waals surface area contributed by atoms with Crippen molar-refractivity contribution in [2.24, 2.45) is 0 Å². The first-order valence-corrected chi connectivity index (χ1v) is 9.45. The third-order valence-corrected chi connectivity index (χ3v) is 4.63. The van der Waals surface area contributed by atoms with Crippen LogP contribution in [-0.2, 0) is 0 Å². The van der Waals surface area contributed by atoms with Crippen molar-refractivity contribution in [3.8, 4) is 17.1 Å². The molecule has 1 amide bonds. The van der Waals surface area contributed by atoms with E-state index in [1.165, 1.54) is 25.3 Å². The highest BCUT2D eigenvalue weighted by molar-refractivity contribution is 6.04. The van der Waals surface area contributed by atoms with Crippen molar-refractivity contribution in [1.82, 2.24) is 25.2 Å². The molecule has 1 atom stereocenters. The van der Waals surface area contributed by atoms with Crippen LogP contribution in [-0.4, -0.2) is 47.0 Å². The SMILES string of the molecule is COc1cc(-c2onc(N(C)C)c2C(=O)NC(C)c2nncn2C(C)C)ccc1F. The van der Waals surface area contributed by atoms with E-state index in [4.69, 9.17) is 9.26 Å². The van der Waals surface area contributed by atoms with Crippen molar-refractivity contribution in [2.75, 3.05) is 26.1 Å². The summed E-state index contributed by atoms with van der Waals surface area (Å²) in [5.41, 5.74) is 0.702. The molecule has 0 bridgehead atoms. The van der Waals surface area contributed by atoms with Gasteiger partial charge in [-0.25, -0.2) is 4.39 Å². The molecule has 9 nitrogen and oxygen atoms in total. The highest BCUT2D eigenvalue weighted by Crippen LogP contribution is 2.33. The van der Waals surface area contributed by atoms with Gasteiger partial charge in [-0.05, 0) is 39.0 Å². The highest BCUT2D eigenvalue weighted by Gasteiger charge is 2.28. The number of methoxy groups -OCH3 is 1. The summed E-state index contributed by atoms with van der Waals surface area (Å²) in [6.07, 6.45) is 1.63. The Bertz CT molecular complexity index is 1040. The van der Waals surface area contributed by atoms with Crippen LogP contribution in [0.5, 0.6) is 5.75 Å². The van der Waals surface area contributed by atoms with Crippen molar-refractivity contribution in [2.45, 2.75) is 32.9 Å². The molecule has 1 N–H and O–H groups in total. The van der Waals surface area contributed by atoms with Crippen molar-refractivity contribution in [1.29, 1.82) is 0 Å². The Kier molecular flexibility index (Phi) is 6.04. The Morgan fingerprint density at radius 1 is 1.30 bits per heavy atom. The summed E-state index contributed by atoms with van der Waals surface area (Å²) in [4.78, 5) is 14.9. The van der Waals surface area contributed by atoms with Gasteiger partial charge in [-0.2, -0.15) is 0 Å². The molecule has 0 aliphatic heterocycles. The lowest BCUT2D eigenvalue weighted by atomic mass is 10.1. The number of hydrogen-bond donors (Lipinski definition) is 1. The maximum Gasteiger partial charge on any atom is 0.259 e. The molecule has 0 saturated heterocycles. The van der Waals surface area contributed by atoms with Gasteiger partial charge in [0.15, 0.2) is 29.0 Å². The normalized spacial score (nSPS) is 12.1. The van der Waals surface area contributed by atoms with Crippen LogP contribution in [0.25, 0.3) is 11.3 Å². The number of aromatic nitrogens is 4. The van der Waals surface area contributed by atoms with Crippen LogP contribution in [0.1, 0.15) is 49.0 Å². The number of benzene rings is 1. The second-order valence-electron chi connectivity index (χ2n) is 7.34. The van der Waals surface area contributed by atoms with E-state index in [9.17, 15) is 9.18 Å². The number of rotatable bonds is 7. The minimum atomic E-state index is -0.513. The van der Waals surface area contributed by atoms with Gasteiger partial charge >= 0.3 is 0 Å². The molecule has 0 radical (unpaired) electrons. The Hall–Kier alpha value is -3.43. The zero-order valence-corrected chi connectivity index (χ0v) is 17.8. The maximum absolute atomic E-state index is 13.8. The van der Waals surface area contributed by atoms with E-state index in [1.807, 2.05) is 25.3 Å². The summed E-state index contributed by atoms with van der Waals surface area (Å²) in [5, 5.41) is 15.0. The molecule has 0 aliphatic carbocycles. The maximum atomic E-state index is 13.8. The Labute approximate surface area is 173 Å². The van der Waals surface area contributed by atoms with Crippen molar-refractivity contribution >= 4 is 11.7 Å². The number of hydrogen-bond acceptors (Lipinski definition) is 7. The molecule has 30 heavy (non-hydrogen) atoms. The topological polar surface area (TPSA) is 98.3 Å². The minimum Gasteiger partial charge on any atom is -0.494 e. The van der Waals surface area contributed by atoms with E-state index in [-0.39, 0.29) is 23.1 Å². The smallest absolute Gasteiger partial charge is 0.259 e. The highest BCUT2D eigenvalue weighted by atomic mass is 19.1. The number of nitrogens with zero attached hydrogens (tertiary/aromatic N) is 5. The summed E-state index contributed by atoms with van der Waals surface area (Å²) in [7, 11) is 4.87. The van der Waals surface area contributed by atoms with E-state index in [1.54, 1.807) is 25.3 Å². The van der Waals surface area contributed by atoms with Crippen LogP contribution >= 0.6 is 0 Å². The largest absolute Gasteiger partial charge is 0.494 e. The van der Waals surface area contributed by atoms with Gasteiger partial charge < -0.3 is 24.0 Å². The second-order valence-corrected chi connectivity index (χ2v) is 7.34. The van der Waals surface area contributed by atoms with Crippen LogP contribution in [0, 0.1) is 5.82 Å². The molecule has 0 spiro atoms. The molecule has 3 aromatic rings. The monoisotopic (exact) mass is 416 g/mol. The molecular formula is C20H25FN6O3. The number of ether oxygens (including phenoxy) is 1. The molecule has 2 heterocycles. The molecular weight excluding hydrogens is 391 g/mol. The summed E-state index contributed by atoms with van der Waals surface area (Å²) in [6.45, 7) is 5.83. The van der Waals surface area contributed by atoms with E-state index >= 15 is 0 Å². The van der Waals surface area contributed by atoms with Gasteiger partial charge in [0.25, 0.3) is 5.91 Å². The predicted octanol–water partition coefficient (Wildman–Crippen LogP) is 3.22. The molecule has 10 heteroatoms. The van der Waals surface area contributed by atoms with Crippen molar-refractivity contribution in [3.63, 3.8) is 0 Å².